The van der Waals surface area contributed by atoms with Crippen LogP contribution in [-0.2, 0) is 22.4 Å². The number of Topliss-reactive ketones (excluding diaryl/α,β-unsaturated/α-hetero) is 2. The maximum atomic E-state index is 13.8. The van der Waals surface area contributed by atoms with Crippen LogP contribution in [0.2, 0.25) is 0 Å². The molecular formula is C29H36N2O7. The van der Waals surface area contributed by atoms with E-state index in [0.717, 1.165) is 24.0 Å². The van der Waals surface area contributed by atoms with E-state index in [-0.39, 0.29) is 23.3 Å². The number of aliphatic hydroxyl groups excluding tert-OH is 2. The standard InChI is InChI=1S/C29H36N2O7/c1-31(2)23-18-13-16-12-17-15(9-8-14-6-4-3-5-7-14)10-11-19(32)21(17)24(33)20(16)26(35)29(18,38)27(36)22(25(23)34)28(30)37/h10-11,14,16,18,23,32,34-35,38H,3-9,12-13H2,1-2H3,(H2,30,37)/t16-,18-,23-,29-/m0/s1. The molecule has 0 spiro atoms. The predicted molar refractivity (Wildman–Crippen MR) is 139 cm³/mol. The molecule has 204 valence electrons. The van der Waals surface area contributed by atoms with Crippen molar-refractivity contribution in [2.45, 2.75) is 69.4 Å². The highest BCUT2D eigenvalue weighted by Crippen LogP contribution is 2.52. The van der Waals surface area contributed by atoms with Gasteiger partial charge in [0.15, 0.2) is 11.4 Å². The van der Waals surface area contributed by atoms with E-state index in [1.807, 2.05) is 6.07 Å². The molecule has 0 aromatic heterocycles. The molecule has 1 aromatic rings. The predicted octanol–water partition coefficient (Wildman–Crippen LogP) is 2.63. The van der Waals surface area contributed by atoms with Crippen LogP contribution in [0.15, 0.2) is 34.8 Å². The monoisotopic (exact) mass is 524 g/mol. The normalized spacial score (nSPS) is 29.8. The van der Waals surface area contributed by atoms with Crippen molar-refractivity contribution in [3.8, 4) is 5.75 Å². The van der Waals surface area contributed by atoms with E-state index in [9.17, 15) is 34.8 Å². The van der Waals surface area contributed by atoms with Gasteiger partial charge in [-0.3, -0.25) is 19.3 Å². The number of ketones is 2. The van der Waals surface area contributed by atoms with Gasteiger partial charge < -0.3 is 26.2 Å². The average Bonchev–Trinajstić information content (AvgIpc) is 2.86. The first-order chi connectivity index (χ1) is 18.0. The van der Waals surface area contributed by atoms with Crippen LogP contribution in [0.3, 0.4) is 0 Å². The number of allylic oxidation sites excluding steroid dienone is 1. The molecule has 0 aliphatic heterocycles. The molecule has 0 bridgehead atoms. The Bertz CT molecular complexity index is 1270. The van der Waals surface area contributed by atoms with Gasteiger partial charge in [-0.2, -0.15) is 0 Å². The van der Waals surface area contributed by atoms with Gasteiger partial charge >= 0.3 is 0 Å². The number of hydrogen-bond donors (Lipinski definition) is 5. The highest BCUT2D eigenvalue weighted by atomic mass is 16.3. The number of benzene rings is 1. The number of aryl methyl sites for hydroxylation is 1. The summed E-state index contributed by atoms with van der Waals surface area (Å²) in [6.07, 6.45) is 8.36. The van der Waals surface area contributed by atoms with E-state index in [4.69, 9.17) is 5.73 Å². The third-order valence-corrected chi connectivity index (χ3v) is 9.25. The molecular weight excluding hydrogens is 488 g/mol. The van der Waals surface area contributed by atoms with Gasteiger partial charge in [0, 0.05) is 11.5 Å². The molecule has 1 aromatic carbocycles. The molecule has 4 atom stereocenters. The first-order valence-corrected chi connectivity index (χ1v) is 13.5. The SMILES string of the molecule is CN(C)[C@@H]1C(O)=C(C(N)=O)C(=O)[C@@]2(O)C(O)=C3C(=O)c4c(O)ccc(CCC5CCCCC5)c4C[C@H]3C[C@@H]12. The van der Waals surface area contributed by atoms with Crippen LogP contribution in [0, 0.1) is 17.8 Å². The van der Waals surface area contributed by atoms with Crippen molar-refractivity contribution in [3.05, 3.63) is 51.5 Å². The van der Waals surface area contributed by atoms with Crippen molar-refractivity contribution in [2.24, 2.45) is 23.5 Å². The van der Waals surface area contributed by atoms with Crippen molar-refractivity contribution in [1.82, 2.24) is 4.90 Å². The Hall–Kier alpha value is -3.17. The van der Waals surface area contributed by atoms with Crippen LogP contribution in [0.4, 0.5) is 0 Å². The van der Waals surface area contributed by atoms with Crippen LogP contribution in [0.5, 0.6) is 5.75 Å². The lowest BCUT2D eigenvalue weighted by Crippen LogP contribution is -2.63. The fourth-order valence-corrected chi connectivity index (χ4v) is 7.38. The van der Waals surface area contributed by atoms with Crippen molar-refractivity contribution in [2.75, 3.05) is 14.1 Å². The fraction of sp³-hybridized carbons (Fsp3) is 0.552. The van der Waals surface area contributed by atoms with E-state index in [2.05, 4.69) is 0 Å². The van der Waals surface area contributed by atoms with Crippen LogP contribution in [0.25, 0.3) is 0 Å². The van der Waals surface area contributed by atoms with Gasteiger partial charge in [0.1, 0.15) is 22.8 Å². The molecule has 6 N–H and O–H groups in total. The number of carbonyl (C=O) groups is 3. The maximum Gasteiger partial charge on any atom is 0.255 e. The summed E-state index contributed by atoms with van der Waals surface area (Å²) in [4.78, 5) is 40.8. The minimum Gasteiger partial charge on any atom is -0.510 e. The van der Waals surface area contributed by atoms with Crippen molar-refractivity contribution in [3.63, 3.8) is 0 Å². The number of aromatic hydroxyl groups is 1. The molecule has 0 radical (unpaired) electrons. The maximum absolute atomic E-state index is 13.8. The summed E-state index contributed by atoms with van der Waals surface area (Å²) < 4.78 is 0. The van der Waals surface area contributed by atoms with E-state index in [0.29, 0.717) is 12.3 Å². The number of rotatable bonds is 5. The number of aliphatic hydroxyl groups is 3. The molecule has 9 heteroatoms. The minimum absolute atomic E-state index is 0.0897. The van der Waals surface area contributed by atoms with Gasteiger partial charge in [0.05, 0.1) is 11.6 Å². The first-order valence-electron chi connectivity index (χ1n) is 13.5. The number of nitrogens with two attached hydrogens (primary N) is 1. The highest BCUT2D eigenvalue weighted by molar-refractivity contribution is 6.24. The van der Waals surface area contributed by atoms with Gasteiger partial charge in [0.25, 0.3) is 5.91 Å². The lowest BCUT2D eigenvalue weighted by molar-refractivity contribution is -0.148. The topological polar surface area (TPSA) is 161 Å². The number of hydrogen-bond acceptors (Lipinski definition) is 8. The lowest BCUT2D eigenvalue weighted by Gasteiger charge is -2.50. The van der Waals surface area contributed by atoms with E-state index in [1.54, 1.807) is 19.0 Å². The van der Waals surface area contributed by atoms with Gasteiger partial charge in [-0.15, -0.1) is 0 Å². The Morgan fingerprint density at radius 2 is 1.79 bits per heavy atom. The van der Waals surface area contributed by atoms with E-state index < -0.39 is 58.0 Å². The first kappa shape index (κ1) is 26.4. The van der Waals surface area contributed by atoms with Crippen molar-refractivity contribution >= 4 is 17.5 Å². The summed E-state index contributed by atoms with van der Waals surface area (Å²) in [6.45, 7) is 0. The number of amides is 1. The zero-order chi connectivity index (χ0) is 27.5. The average molecular weight is 525 g/mol. The summed E-state index contributed by atoms with van der Waals surface area (Å²) in [6, 6.07) is 2.36. The molecule has 1 saturated carbocycles. The highest BCUT2D eigenvalue weighted by Gasteiger charge is 2.63. The molecule has 4 aliphatic rings. The zero-order valence-corrected chi connectivity index (χ0v) is 21.9. The molecule has 4 aliphatic carbocycles. The third kappa shape index (κ3) is 3.86. The second kappa shape index (κ2) is 9.54. The Morgan fingerprint density at radius 3 is 2.42 bits per heavy atom. The summed E-state index contributed by atoms with van der Waals surface area (Å²) in [7, 11) is 3.24. The van der Waals surface area contributed by atoms with Crippen molar-refractivity contribution < 1.29 is 34.8 Å². The molecule has 0 unspecified atom stereocenters. The number of fused-ring (bicyclic) bond motifs is 3. The molecule has 9 nitrogen and oxygen atoms in total. The van der Waals surface area contributed by atoms with Gasteiger partial charge in [-0.25, -0.2) is 0 Å². The molecule has 1 amide bonds. The number of phenols is 1. The molecule has 5 rings (SSSR count). The van der Waals surface area contributed by atoms with Crippen LogP contribution < -0.4 is 5.73 Å². The Labute approximate surface area is 221 Å². The number of nitrogens with zero attached hydrogens (tertiary/aromatic N) is 1. The quantitative estimate of drug-likeness (QED) is 0.367. The summed E-state index contributed by atoms with van der Waals surface area (Å²) in [5.41, 5.74) is 3.65. The molecule has 1 fully saturated rings. The second-order valence-corrected chi connectivity index (χ2v) is 11.6. The van der Waals surface area contributed by atoms with Crippen LogP contribution in [0.1, 0.15) is 66.4 Å². The van der Waals surface area contributed by atoms with E-state index in [1.165, 1.54) is 38.2 Å². The number of carbonyl (C=O) groups excluding carboxylic acids is 3. The summed E-state index contributed by atoms with van der Waals surface area (Å²) in [5.74, 6) is -5.61. The zero-order valence-electron chi connectivity index (χ0n) is 21.9. The smallest absolute Gasteiger partial charge is 0.255 e. The minimum atomic E-state index is -2.61. The third-order valence-electron chi connectivity index (χ3n) is 9.25. The largest absolute Gasteiger partial charge is 0.510 e. The molecule has 0 saturated heterocycles. The number of likely N-dealkylation sites (N-methyl/N-ethyl adjacent to an activating group) is 1. The van der Waals surface area contributed by atoms with Crippen molar-refractivity contribution in [1.29, 1.82) is 0 Å². The van der Waals surface area contributed by atoms with E-state index >= 15 is 0 Å². The summed E-state index contributed by atoms with van der Waals surface area (Å²) in [5, 5.41) is 44.6. The Kier molecular flexibility index (Phi) is 6.64. The van der Waals surface area contributed by atoms with Gasteiger partial charge in [-0.05, 0) is 68.8 Å². The molecule has 0 heterocycles. The Balaban J connectivity index is 1.58. The van der Waals surface area contributed by atoms with Gasteiger partial charge in [0.2, 0.25) is 5.78 Å². The number of primary amides is 1. The second-order valence-electron chi connectivity index (χ2n) is 11.6. The number of phenolic OH excluding ortho intramolecular Hbond substituents is 1. The van der Waals surface area contributed by atoms with Crippen LogP contribution >= 0.6 is 0 Å². The summed E-state index contributed by atoms with van der Waals surface area (Å²) >= 11 is 0. The Morgan fingerprint density at radius 1 is 1.11 bits per heavy atom. The molecule has 38 heavy (non-hydrogen) atoms. The van der Waals surface area contributed by atoms with Crippen LogP contribution in [-0.4, -0.2) is 68.5 Å². The fourth-order valence-electron chi connectivity index (χ4n) is 7.38. The lowest BCUT2D eigenvalue weighted by atomic mass is 9.58. The van der Waals surface area contributed by atoms with Gasteiger partial charge in [-0.1, -0.05) is 38.2 Å².